The van der Waals surface area contributed by atoms with Gasteiger partial charge in [0.2, 0.25) is 0 Å². The first kappa shape index (κ1) is 14.4. The smallest absolute Gasteiger partial charge is 0.262 e. The van der Waals surface area contributed by atoms with E-state index >= 15 is 0 Å². The molecule has 2 aromatic rings. The van der Waals surface area contributed by atoms with Crippen molar-refractivity contribution in [2.75, 3.05) is 10.5 Å². The molecule has 0 unspecified atom stereocenters. The van der Waals surface area contributed by atoms with Crippen LogP contribution in [0.2, 0.25) is 0 Å². The number of hydrogen-bond donors (Lipinski definition) is 2. The molecule has 0 atom stereocenters. The molecule has 0 bridgehead atoms. The summed E-state index contributed by atoms with van der Waals surface area (Å²) in [6.07, 6.45) is 0. The summed E-state index contributed by atoms with van der Waals surface area (Å²) in [6, 6.07) is 10.4. The Morgan fingerprint density at radius 3 is 2.15 bits per heavy atom. The van der Waals surface area contributed by atoms with Crippen LogP contribution in [0.25, 0.3) is 0 Å². The van der Waals surface area contributed by atoms with E-state index in [9.17, 15) is 8.42 Å². The van der Waals surface area contributed by atoms with Crippen molar-refractivity contribution in [1.29, 1.82) is 0 Å². The van der Waals surface area contributed by atoms with Crippen LogP contribution in [0.1, 0.15) is 16.7 Å². The molecule has 0 spiro atoms. The zero-order valence-electron chi connectivity index (χ0n) is 11.8. The lowest BCUT2D eigenvalue weighted by atomic mass is 10.1. The number of benzene rings is 2. The molecular weight excluding hydrogens is 272 g/mol. The van der Waals surface area contributed by atoms with E-state index < -0.39 is 10.0 Å². The summed E-state index contributed by atoms with van der Waals surface area (Å²) in [6.45, 7) is 5.60. The molecule has 0 fully saturated rings. The molecule has 20 heavy (non-hydrogen) atoms. The molecule has 5 heteroatoms. The van der Waals surface area contributed by atoms with Gasteiger partial charge in [0.05, 0.1) is 4.90 Å². The van der Waals surface area contributed by atoms with Gasteiger partial charge in [0.1, 0.15) is 0 Å². The average Bonchev–Trinajstić information content (AvgIpc) is 2.30. The van der Waals surface area contributed by atoms with E-state index in [2.05, 4.69) is 4.72 Å². The van der Waals surface area contributed by atoms with Crippen molar-refractivity contribution in [3.8, 4) is 0 Å². The van der Waals surface area contributed by atoms with Crippen LogP contribution in [0.3, 0.4) is 0 Å². The highest BCUT2D eigenvalue weighted by atomic mass is 32.2. The van der Waals surface area contributed by atoms with Crippen molar-refractivity contribution in [3.63, 3.8) is 0 Å². The van der Waals surface area contributed by atoms with Gasteiger partial charge in [-0.05, 0) is 61.7 Å². The standard InChI is InChI=1S/C15H18N2O2S/c1-10-6-11(2)8-14(7-10)17-20(18,19)15-9-13(16)5-4-12(15)3/h4-9,17H,16H2,1-3H3. The average molecular weight is 290 g/mol. The summed E-state index contributed by atoms with van der Waals surface area (Å²) in [7, 11) is -3.63. The molecule has 106 valence electrons. The Bertz CT molecular complexity index is 732. The van der Waals surface area contributed by atoms with E-state index in [0.717, 1.165) is 11.1 Å². The molecule has 0 saturated carbocycles. The molecule has 0 amide bonds. The topological polar surface area (TPSA) is 72.2 Å². The number of sulfonamides is 1. The molecule has 0 aliphatic rings. The minimum absolute atomic E-state index is 0.205. The third-order valence-electron chi connectivity index (χ3n) is 2.98. The SMILES string of the molecule is Cc1cc(C)cc(NS(=O)(=O)c2cc(N)ccc2C)c1. The lowest BCUT2D eigenvalue weighted by Crippen LogP contribution is -2.14. The van der Waals surface area contributed by atoms with E-state index in [0.29, 0.717) is 16.9 Å². The predicted octanol–water partition coefficient (Wildman–Crippen LogP) is 2.99. The molecule has 4 nitrogen and oxygen atoms in total. The first-order chi connectivity index (χ1) is 9.28. The summed E-state index contributed by atoms with van der Waals surface area (Å²) in [5.74, 6) is 0. The number of anilines is 2. The van der Waals surface area contributed by atoms with Crippen molar-refractivity contribution in [2.24, 2.45) is 0 Å². The third kappa shape index (κ3) is 3.11. The second-order valence-corrected chi connectivity index (χ2v) is 6.66. The molecule has 0 heterocycles. The predicted molar refractivity (Wildman–Crippen MR) is 82.3 cm³/mol. The Hall–Kier alpha value is -2.01. The third-order valence-corrected chi connectivity index (χ3v) is 4.50. The van der Waals surface area contributed by atoms with Crippen LogP contribution >= 0.6 is 0 Å². The van der Waals surface area contributed by atoms with Crippen LogP contribution in [0.15, 0.2) is 41.3 Å². The maximum absolute atomic E-state index is 12.4. The summed E-state index contributed by atoms with van der Waals surface area (Å²) >= 11 is 0. The van der Waals surface area contributed by atoms with Crippen LogP contribution in [-0.4, -0.2) is 8.42 Å². The van der Waals surface area contributed by atoms with Crippen molar-refractivity contribution in [3.05, 3.63) is 53.1 Å². The Labute approximate surface area is 119 Å². The molecule has 2 rings (SSSR count). The monoisotopic (exact) mass is 290 g/mol. The van der Waals surface area contributed by atoms with Gasteiger partial charge in [0.25, 0.3) is 10.0 Å². The van der Waals surface area contributed by atoms with Crippen LogP contribution in [0.5, 0.6) is 0 Å². The van der Waals surface area contributed by atoms with E-state index in [-0.39, 0.29) is 4.90 Å². The number of hydrogen-bond acceptors (Lipinski definition) is 3. The number of aryl methyl sites for hydroxylation is 3. The maximum atomic E-state index is 12.4. The zero-order valence-corrected chi connectivity index (χ0v) is 12.6. The van der Waals surface area contributed by atoms with Crippen molar-refractivity contribution in [1.82, 2.24) is 0 Å². The Kier molecular flexibility index (Phi) is 3.72. The Balaban J connectivity index is 2.43. The van der Waals surface area contributed by atoms with Gasteiger partial charge in [0, 0.05) is 11.4 Å². The molecular formula is C15H18N2O2S. The minimum Gasteiger partial charge on any atom is -0.399 e. The van der Waals surface area contributed by atoms with Gasteiger partial charge in [-0.1, -0.05) is 12.1 Å². The van der Waals surface area contributed by atoms with Crippen LogP contribution in [0.4, 0.5) is 11.4 Å². The molecule has 0 aromatic heterocycles. The fraction of sp³-hybridized carbons (Fsp3) is 0.200. The van der Waals surface area contributed by atoms with E-state index in [4.69, 9.17) is 5.73 Å². The van der Waals surface area contributed by atoms with Gasteiger partial charge < -0.3 is 5.73 Å². The van der Waals surface area contributed by atoms with Crippen LogP contribution in [0, 0.1) is 20.8 Å². The Morgan fingerprint density at radius 1 is 0.950 bits per heavy atom. The number of nitrogens with one attached hydrogen (secondary N) is 1. The van der Waals surface area contributed by atoms with Gasteiger partial charge in [0.15, 0.2) is 0 Å². The summed E-state index contributed by atoms with van der Waals surface area (Å²) < 4.78 is 27.5. The van der Waals surface area contributed by atoms with Gasteiger partial charge >= 0.3 is 0 Å². The summed E-state index contributed by atoms with van der Waals surface area (Å²) in [5, 5.41) is 0. The molecule has 0 radical (unpaired) electrons. The van der Waals surface area contributed by atoms with E-state index in [1.54, 1.807) is 31.2 Å². The lowest BCUT2D eigenvalue weighted by molar-refractivity contribution is 0.600. The highest BCUT2D eigenvalue weighted by Gasteiger charge is 2.17. The normalized spacial score (nSPS) is 11.3. The van der Waals surface area contributed by atoms with Crippen LogP contribution < -0.4 is 10.5 Å². The first-order valence-corrected chi connectivity index (χ1v) is 7.73. The second kappa shape index (κ2) is 5.17. The summed E-state index contributed by atoms with van der Waals surface area (Å²) in [5.41, 5.74) is 9.34. The van der Waals surface area contributed by atoms with E-state index in [1.807, 2.05) is 19.9 Å². The molecule has 0 aliphatic heterocycles. The van der Waals surface area contributed by atoms with Crippen molar-refractivity contribution >= 4 is 21.4 Å². The Morgan fingerprint density at radius 2 is 1.55 bits per heavy atom. The molecule has 0 saturated heterocycles. The largest absolute Gasteiger partial charge is 0.399 e. The molecule has 0 aliphatic carbocycles. The van der Waals surface area contributed by atoms with Gasteiger partial charge in [-0.15, -0.1) is 0 Å². The fourth-order valence-electron chi connectivity index (χ4n) is 2.15. The fourth-order valence-corrected chi connectivity index (χ4v) is 3.47. The molecule has 2 aromatic carbocycles. The highest BCUT2D eigenvalue weighted by Crippen LogP contribution is 2.22. The quantitative estimate of drug-likeness (QED) is 0.854. The van der Waals surface area contributed by atoms with Crippen LogP contribution in [-0.2, 0) is 10.0 Å². The van der Waals surface area contributed by atoms with Gasteiger partial charge in [-0.3, -0.25) is 4.72 Å². The number of nitrogen functional groups attached to an aromatic ring is 1. The minimum atomic E-state index is -3.63. The lowest BCUT2D eigenvalue weighted by Gasteiger charge is -2.12. The first-order valence-electron chi connectivity index (χ1n) is 6.25. The molecule has 3 N–H and O–H groups in total. The maximum Gasteiger partial charge on any atom is 0.262 e. The summed E-state index contributed by atoms with van der Waals surface area (Å²) in [4.78, 5) is 0.205. The van der Waals surface area contributed by atoms with Crippen molar-refractivity contribution < 1.29 is 8.42 Å². The zero-order chi connectivity index (χ0) is 14.9. The number of rotatable bonds is 3. The van der Waals surface area contributed by atoms with Gasteiger partial charge in [-0.25, -0.2) is 8.42 Å². The van der Waals surface area contributed by atoms with Gasteiger partial charge in [-0.2, -0.15) is 0 Å². The second-order valence-electron chi connectivity index (χ2n) is 5.01. The highest BCUT2D eigenvalue weighted by molar-refractivity contribution is 7.92. The van der Waals surface area contributed by atoms with Crippen molar-refractivity contribution in [2.45, 2.75) is 25.7 Å². The number of nitrogens with two attached hydrogens (primary N) is 1. The van der Waals surface area contributed by atoms with E-state index in [1.165, 1.54) is 6.07 Å².